The topological polar surface area (TPSA) is 29.5 Å². The van der Waals surface area contributed by atoms with Crippen molar-refractivity contribution >= 4 is 5.97 Å². The number of hydrogen-bond donors (Lipinski definition) is 0. The maximum absolute atomic E-state index is 12.5. The molecule has 122 valence electrons. The van der Waals surface area contributed by atoms with E-state index in [0.717, 1.165) is 19.4 Å². The Hall–Kier alpha value is -1.35. The van der Waals surface area contributed by atoms with E-state index in [1.165, 1.54) is 5.56 Å². The number of esters is 1. The summed E-state index contributed by atoms with van der Waals surface area (Å²) in [5.41, 5.74) is 0.892. The van der Waals surface area contributed by atoms with Crippen molar-refractivity contribution in [2.45, 2.75) is 65.1 Å². The number of likely N-dealkylation sites (tertiary alicyclic amines) is 1. The first-order valence-electron chi connectivity index (χ1n) is 8.33. The highest BCUT2D eigenvalue weighted by Gasteiger charge is 2.37. The first-order valence-corrected chi connectivity index (χ1v) is 8.33. The van der Waals surface area contributed by atoms with Gasteiger partial charge >= 0.3 is 5.97 Å². The van der Waals surface area contributed by atoms with Gasteiger partial charge in [-0.3, -0.25) is 9.69 Å². The van der Waals surface area contributed by atoms with Gasteiger partial charge in [0.05, 0.1) is 5.92 Å². The fourth-order valence-electron chi connectivity index (χ4n) is 3.33. The molecule has 3 unspecified atom stereocenters. The number of nitrogens with zero attached hydrogens (tertiary/aromatic N) is 1. The van der Waals surface area contributed by atoms with Gasteiger partial charge in [0.15, 0.2) is 0 Å². The second-order valence-corrected chi connectivity index (χ2v) is 7.35. The molecule has 0 amide bonds. The zero-order valence-electron chi connectivity index (χ0n) is 14.5. The summed E-state index contributed by atoms with van der Waals surface area (Å²) in [6.07, 6.45) is 1.97. The summed E-state index contributed by atoms with van der Waals surface area (Å²) in [5.74, 6) is -0.0795. The van der Waals surface area contributed by atoms with E-state index in [2.05, 4.69) is 43.0 Å². The van der Waals surface area contributed by atoms with Crippen molar-refractivity contribution < 1.29 is 9.53 Å². The summed E-state index contributed by atoms with van der Waals surface area (Å²) in [4.78, 5) is 14.9. The second-order valence-electron chi connectivity index (χ2n) is 7.35. The minimum Gasteiger partial charge on any atom is -0.460 e. The lowest BCUT2D eigenvalue weighted by Gasteiger charge is -2.42. The average Bonchev–Trinajstić information content (AvgIpc) is 2.46. The van der Waals surface area contributed by atoms with Crippen molar-refractivity contribution in [3.8, 4) is 0 Å². The van der Waals surface area contributed by atoms with E-state index in [-0.39, 0.29) is 17.9 Å². The van der Waals surface area contributed by atoms with Crippen LogP contribution in [0.1, 0.15) is 59.1 Å². The quantitative estimate of drug-likeness (QED) is 0.784. The zero-order chi connectivity index (χ0) is 16.3. The molecule has 0 spiro atoms. The van der Waals surface area contributed by atoms with Crippen LogP contribution in [0, 0.1) is 5.92 Å². The second kappa shape index (κ2) is 6.82. The first kappa shape index (κ1) is 17.0. The van der Waals surface area contributed by atoms with Gasteiger partial charge in [-0.1, -0.05) is 30.3 Å². The molecule has 1 heterocycles. The van der Waals surface area contributed by atoms with E-state index in [0.29, 0.717) is 6.04 Å². The maximum atomic E-state index is 12.5. The Morgan fingerprint density at radius 1 is 1.27 bits per heavy atom. The van der Waals surface area contributed by atoms with Crippen LogP contribution < -0.4 is 0 Å². The summed E-state index contributed by atoms with van der Waals surface area (Å²) < 4.78 is 5.62. The van der Waals surface area contributed by atoms with E-state index >= 15 is 0 Å². The van der Waals surface area contributed by atoms with Crippen LogP contribution in [0.4, 0.5) is 0 Å². The van der Waals surface area contributed by atoms with E-state index in [1.54, 1.807) is 0 Å². The summed E-state index contributed by atoms with van der Waals surface area (Å²) >= 11 is 0. The standard InChI is InChI=1S/C19H29NO2/c1-14(16-10-7-6-8-11-16)20-13-9-12-17(15(20)2)18(21)22-19(3,4)5/h6-8,10-11,14-15,17H,9,12-13H2,1-5H3. The number of rotatable bonds is 3. The molecule has 22 heavy (non-hydrogen) atoms. The smallest absolute Gasteiger partial charge is 0.311 e. The van der Waals surface area contributed by atoms with Gasteiger partial charge in [-0.05, 0) is 59.6 Å². The molecule has 3 heteroatoms. The van der Waals surface area contributed by atoms with Crippen molar-refractivity contribution in [2.75, 3.05) is 6.54 Å². The van der Waals surface area contributed by atoms with Gasteiger partial charge in [0, 0.05) is 12.1 Å². The molecule has 0 N–H and O–H groups in total. The largest absolute Gasteiger partial charge is 0.460 e. The third-order valence-electron chi connectivity index (χ3n) is 4.53. The molecule has 3 nitrogen and oxygen atoms in total. The van der Waals surface area contributed by atoms with Crippen molar-refractivity contribution in [2.24, 2.45) is 5.92 Å². The van der Waals surface area contributed by atoms with Gasteiger partial charge in [-0.15, -0.1) is 0 Å². The predicted molar refractivity (Wildman–Crippen MR) is 89.6 cm³/mol. The lowest BCUT2D eigenvalue weighted by molar-refractivity contribution is -0.164. The summed E-state index contributed by atoms with van der Waals surface area (Å²) in [6.45, 7) is 11.2. The molecule has 1 aliphatic heterocycles. The van der Waals surface area contributed by atoms with E-state index in [9.17, 15) is 4.79 Å². The van der Waals surface area contributed by atoms with E-state index in [4.69, 9.17) is 4.74 Å². The fourth-order valence-corrected chi connectivity index (χ4v) is 3.33. The molecule has 0 aliphatic carbocycles. The number of hydrogen-bond acceptors (Lipinski definition) is 3. The molecule has 1 saturated heterocycles. The molecule has 1 aliphatic rings. The van der Waals surface area contributed by atoms with Crippen LogP contribution in [0.3, 0.4) is 0 Å². The van der Waals surface area contributed by atoms with E-state index < -0.39 is 5.60 Å². The monoisotopic (exact) mass is 303 g/mol. The van der Waals surface area contributed by atoms with Crippen molar-refractivity contribution in [3.63, 3.8) is 0 Å². The highest BCUT2D eigenvalue weighted by atomic mass is 16.6. The Morgan fingerprint density at radius 3 is 2.50 bits per heavy atom. The van der Waals surface area contributed by atoms with Crippen LogP contribution in [0.25, 0.3) is 0 Å². The van der Waals surface area contributed by atoms with Crippen molar-refractivity contribution in [1.82, 2.24) is 4.90 Å². The number of carbonyl (C=O) groups excluding carboxylic acids is 1. The van der Waals surface area contributed by atoms with Crippen LogP contribution in [0.15, 0.2) is 30.3 Å². The van der Waals surface area contributed by atoms with Crippen LogP contribution in [0.2, 0.25) is 0 Å². The average molecular weight is 303 g/mol. The van der Waals surface area contributed by atoms with Crippen LogP contribution >= 0.6 is 0 Å². The molecular weight excluding hydrogens is 274 g/mol. The molecule has 3 atom stereocenters. The number of benzene rings is 1. The van der Waals surface area contributed by atoms with Gasteiger partial charge in [-0.25, -0.2) is 0 Å². The lowest BCUT2D eigenvalue weighted by Crippen LogP contribution is -2.48. The Kier molecular flexibility index (Phi) is 5.28. The Balaban J connectivity index is 2.10. The zero-order valence-corrected chi connectivity index (χ0v) is 14.5. The molecule has 1 fully saturated rings. The Labute approximate surface area is 134 Å². The predicted octanol–water partition coefficient (Wildman–Crippen LogP) is 4.19. The molecule has 0 saturated carbocycles. The number of carbonyl (C=O) groups is 1. The molecule has 1 aromatic carbocycles. The SMILES string of the molecule is CC(c1ccccc1)N1CCCC(C(=O)OC(C)(C)C)C1C. The molecule has 2 rings (SSSR count). The number of ether oxygens (including phenoxy) is 1. The van der Waals surface area contributed by atoms with Crippen LogP contribution in [-0.2, 0) is 9.53 Å². The van der Waals surface area contributed by atoms with Gasteiger partial charge < -0.3 is 4.74 Å². The van der Waals surface area contributed by atoms with Crippen molar-refractivity contribution in [3.05, 3.63) is 35.9 Å². The van der Waals surface area contributed by atoms with Crippen LogP contribution in [-0.4, -0.2) is 29.1 Å². The third-order valence-corrected chi connectivity index (χ3v) is 4.53. The van der Waals surface area contributed by atoms with Gasteiger partial charge in [-0.2, -0.15) is 0 Å². The van der Waals surface area contributed by atoms with Crippen molar-refractivity contribution in [1.29, 1.82) is 0 Å². The van der Waals surface area contributed by atoms with Gasteiger partial charge in [0.2, 0.25) is 0 Å². The first-order chi connectivity index (χ1) is 10.3. The lowest BCUT2D eigenvalue weighted by atomic mass is 9.88. The highest BCUT2D eigenvalue weighted by molar-refractivity contribution is 5.73. The summed E-state index contributed by atoms with van der Waals surface area (Å²) in [7, 11) is 0. The Bertz CT molecular complexity index is 492. The van der Waals surface area contributed by atoms with Crippen LogP contribution in [0.5, 0.6) is 0 Å². The number of piperidine rings is 1. The molecule has 0 radical (unpaired) electrons. The highest BCUT2D eigenvalue weighted by Crippen LogP contribution is 2.32. The molecular formula is C19H29NO2. The minimum absolute atomic E-state index is 0.0286. The maximum Gasteiger partial charge on any atom is 0.311 e. The molecule has 0 aromatic heterocycles. The van der Waals surface area contributed by atoms with E-state index in [1.807, 2.05) is 26.8 Å². The fraction of sp³-hybridized carbons (Fsp3) is 0.632. The van der Waals surface area contributed by atoms with Gasteiger partial charge in [0.1, 0.15) is 5.60 Å². The molecule has 1 aromatic rings. The third kappa shape index (κ3) is 4.10. The summed E-state index contributed by atoms with van der Waals surface area (Å²) in [5, 5.41) is 0. The minimum atomic E-state index is -0.413. The molecule has 0 bridgehead atoms. The normalized spacial score (nSPS) is 24.8. The van der Waals surface area contributed by atoms with Gasteiger partial charge in [0.25, 0.3) is 0 Å². The Morgan fingerprint density at radius 2 is 1.91 bits per heavy atom. The summed E-state index contributed by atoms with van der Waals surface area (Å²) in [6, 6.07) is 11.0.